The lowest BCUT2D eigenvalue weighted by Crippen LogP contribution is -2.45. The van der Waals surface area contributed by atoms with Crippen molar-refractivity contribution in [3.05, 3.63) is 65.9 Å². The minimum atomic E-state index is -0.0563. The number of likely N-dealkylation sites (N-methyl/N-ethyl adjacent to an activating group) is 1. The molecule has 2 aromatic carbocycles. The van der Waals surface area contributed by atoms with Gasteiger partial charge in [-0.1, -0.05) is 30.7 Å². The molecule has 1 saturated heterocycles. The number of para-hydroxylation sites is 2. The Balaban J connectivity index is 1.32. The zero-order valence-electron chi connectivity index (χ0n) is 21.0. The molecule has 2 aliphatic heterocycles. The van der Waals surface area contributed by atoms with Gasteiger partial charge in [0.2, 0.25) is 0 Å². The molecule has 0 atom stereocenters. The van der Waals surface area contributed by atoms with Crippen molar-refractivity contribution in [2.24, 2.45) is 5.41 Å². The molecule has 1 fully saturated rings. The Kier molecular flexibility index (Phi) is 7.28. The van der Waals surface area contributed by atoms with Crippen LogP contribution in [0.5, 0.6) is 5.75 Å². The highest BCUT2D eigenvalue weighted by Gasteiger charge is 2.37. The number of aromatic amines is 1. The molecule has 3 heterocycles. The molecule has 0 saturated carbocycles. The standard InChI is InChI=1S/C29H35N3O4/c1-31-18-20-35-19-5-4-12-29(21-36-25-10-3-2-8-23(25)27(31)33)13-16-32(17-14-29)28(34)24-9-6-7-22-11-15-30-26(22)24/h2-3,6-11,15,30H,4-5,12-14,16-21H2,1H3. The van der Waals surface area contributed by atoms with Crippen LogP contribution in [0.3, 0.4) is 0 Å². The summed E-state index contributed by atoms with van der Waals surface area (Å²) in [6.07, 6.45) is 6.67. The maximum atomic E-state index is 13.4. The van der Waals surface area contributed by atoms with Crippen molar-refractivity contribution in [1.29, 1.82) is 0 Å². The second kappa shape index (κ2) is 10.7. The Morgan fingerprint density at radius 2 is 1.78 bits per heavy atom. The van der Waals surface area contributed by atoms with E-state index in [0.29, 0.717) is 50.8 Å². The summed E-state index contributed by atoms with van der Waals surface area (Å²) in [5.74, 6) is 0.648. The maximum absolute atomic E-state index is 13.4. The highest BCUT2D eigenvalue weighted by molar-refractivity contribution is 6.05. The van der Waals surface area contributed by atoms with Crippen LogP contribution in [0.15, 0.2) is 54.7 Å². The predicted molar refractivity (Wildman–Crippen MR) is 139 cm³/mol. The fourth-order valence-electron chi connectivity index (χ4n) is 5.40. The van der Waals surface area contributed by atoms with Crippen LogP contribution in [0.25, 0.3) is 10.9 Å². The summed E-state index contributed by atoms with van der Waals surface area (Å²) in [5, 5.41) is 1.05. The van der Waals surface area contributed by atoms with Crippen molar-refractivity contribution in [3.8, 4) is 5.75 Å². The van der Waals surface area contributed by atoms with Gasteiger partial charge in [0, 0.05) is 50.3 Å². The molecule has 1 N–H and O–H groups in total. The first-order chi connectivity index (χ1) is 17.6. The molecule has 5 rings (SSSR count). The van der Waals surface area contributed by atoms with E-state index in [1.54, 1.807) is 11.9 Å². The van der Waals surface area contributed by atoms with Crippen LogP contribution >= 0.6 is 0 Å². The Morgan fingerprint density at radius 1 is 0.944 bits per heavy atom. The van der Waals surface area contributed by atoms with E-state index in [1.165, 1.54) is 0 Å². The second-order valence-electron chi connectivity index (χ2n) is 10.1. The molecule has 0 radical (unpaired) electrons. The molecule has 190 valence electrons. The highest BCUT2D eigenvalue weighted by atomic mass is 16.5. The molecule has 0 unspecified atom stereocenters. The van der Waals surface area contributed by atoms with Gasteiger partial charge in [0.25, 0.3) is 11.8 Å². The lowest BCUT2D eigenvalue weighted by atomic mass is 9.75. The molecule has 1 spiro atoms. The summed E-state index contributed by atoms with van der Waals surface area (Å²) in [4.78, 5) is 33.3. The SMILES string of the molecule is CN1CCOCCCCC2(CCN(C(=O)c3cccc4cc[nH]c34)CC2)COc2ccccc2C1=O. The molecule has 3 aromatic rings. The number of hydrogen-bond acceptors (Lipinski definition) is 4. The number of piperidine rings is 1. The Hall–Kier alpha value is -3.32. The van der Waals surface area contributed by atoms with E-state index in [-0.39, 0.29) is 17.2 Å². The van der Waals surface area contributed by atoms with Gasteiger partial charge in [-0.15, -0.1) is 0 Å². The molecule has 7 nitrogen and oxygen atoms in total. The van der Waals surface area contributed by atoms with E-state index in [2.05, 4.69) is 4.98 Å². The van der Waals surface area contributed by atoms with Gasteiger partial charge in [-0.05, 0) is 49.9 Å². The van der Waals surface area contributed by atoms with Gasteiger partial charge in [0.15, 0.2) is 0 Å². The summed E-state index contributed by atoms with van der Waals surface area (Å²) in [6, 6.07) is 15.4. The van der Waals surface area contributed by atoms with Gasteiger partial charge in [0.05, 0.1) is 29.9 Å². The fourth-order valence-corrected chi connectivity index (χ4v) is 5.40. The van der Waals surface area contributed by atoms with Crippen LogP contribution in [0.4, 0.5) is 0 Å². The molecule has 2 amide bonds. The largest absolute Gasteiger partial charge is 0.492 e. The van der Waals surface area contributed by atoms with E-state index < -0.39 is 0 Å². The van der Waals surface area contributed by atoms with E-state index >= 15 is 0 Å². The average Bonchev–Trinajstić information content (AvgIpc) is 3.40. The molecule has 36 heavy (non-hydrogen) atoms. The van der Waals surface area contributed by atoms with E-state index in [9.17, 15) is 9.59 Å². The average molecular weight is 490 g/mol. The first kappa shape index (κ1) is 24.4. The van der Waals surface area contributed by atoms with E-state index in [4.69, 9.17) is 9.47 Å². The second-order valence-corrected chi connectivity index (χ2v) is 10.1. The minimum absolute atomic E-state index is 0.0403. The molecular weight excluding hydrogens is 454 g/mol. The third-order valence-corrected chi connectivity index (χ3v) is 7.74. The minimum Gasteiger partial charge on any atom is -0.492 e. The summed E-state index contributed by atoms with van der Waals surface area (Å²) < 4.78 is 12.2. The van der Waals surface area contributed by atoms with E-state index in [0.717, 1.165) is 48.6 Å². The number of carbonyl (C=O) groups is 2. The summed E-state index contributed by atoms with van der Waals surface area (Å²) in [5.41, 5.74) is 2.17. The molecule has 0 bridgehead atoms. The van der Waals surface area contributed by atoms with Crippen LogP contribution in [-0.2, 0) is 4.74 Å². The fraction of sp³-hybridized carbons (Fsp3) is 0.448. The van der Waals surface area contributed by atoms with Crippen LogP contribution < -0.4 is 4.74 Å². The monoisotopic (exact) mass is 489 g/mol. The zero-order valence-corrected chi connectivity index (χ0v) is 21.0. The Morgan fingerprint density at radius 3 is 2.64 bits per heavy atom. The highest BCUT2D eigenvalue weighted by Crippen LogP contribution is 2.38. The first-order valence-corrected chi connectivity index (χ1v) is 13.0. The zero-order chi connectivity index (χ0) is 25.0. The number of benzene rings is 2. The number of H-pyrrole nitrogens is 1. The smallest absolute Gasteiger partial charge is 0.257 e. The summed E-state index contributed by atoms with van der Waals surface area (Å²) in [6.45, 7) is 3.70. The number of hydrogen-bond donors (Lipinski definition) is 1. The summed E-state index contributed by atoms with van der Waals surface area (Å²) in [7, 11) is 1.80. The third kappa shape index (κ3) is 5.12. The number of amides is 2. The number of rotatable bonds is 1. The van der Waals surface area contributed by atoms with Gasteiger partial charge in [-0.3, -0.25) is 9.59 Å². The maximum Gasteiger partial charge on any atom is 0.257 e. The van der Waals surface area contributed by atoms with Gasteiger partial charge in [0.1, 0.15) is 5.75 Å². The van der Waals surface area contributed by atoms with Gasteiger partial charge in [-0.2, -0.15) is 0 Å². The van der Waals surface area contributed by atoms with E-state index in [1.807, 2.05) is 59.6 Å². The van der Waals surface area contributed by atoms with Crippen molar-refractivity contribution < 1.29 is 19.1 Å². The number of likely N-dealkylation sites (tertiary alicyclic amines) is 1. The van der Waals surface area contributed by atoms with Crippen LogP contribution in [-0.4, -0.2) is 73.1 Å². The normalized spacial score (nSPS) is 19.5. The number of ether oxygens (including phenoxy) is 2. The van der Waals surface area contributed by atoms with Crippen molar-refractivity contribution in [1.82, 2.24) is 14.8 Å². The summed E-state index contributed by atoms with van der Waals surface area (Å²) >= 11 is 0. The van der Waals surface area contributed by atoms with Gasteiger partial charge < -0.3 is 24.3 Å². The third-order valence-electron chi connectivity index (χ3n) is 7.74. The first-order valence-electron chi connectivity index (χ1n) is 13.0. The van der Waals surface area contributed by atoms with Crippen molar-refractivity contribution >= 4 is 22.7 Å². The van der Waals surface area contributed by atoms with Crippen LogP contribution in [0.1, 0.15) is 52.8 Å². The van der Waals surface area contributed by atoms with Crippen molar-refractivity contribution in [2.75, 3.05) is 46.5 Å². The molecule has 2 aliphatic rings. The van der Waals surface area contributed by atoms with Gasteiger partial charge in [-0.25, -0.2) is 0 Å². The Labute approximate surface area is 212 Å². The van der Waals surface area contributed by atoms with Crippen molar-refractivity contribution in [2.45, 2.75) is 32.1 Å². The number of nitrogens with zero attached hydrogens (tertiary/aromatic N) is 2. The van der Waals surface area contributed by atoms with Crippen molar-refractivity contribution in [3.63, 3.8) is 0 Å². The van der Waals surface area contributed by atoms with Gasteiger partial charge >= 0.3 is 0 Å². The number of fused-ring (bicyclic) bond motifs is 2. The predicted octanol–water partition coefficient (Wildman–Crippen LogP) is 4.74. The van der Waals surface area contributed by atoms with Crippen LogP contribution in [0, 0.1) is 5.41 Å². The topological polar surface area (TPSA) is 74.9 Å². The van der Waals surface area contributed by atoms with Crippen LogP contribution in [0.2, 0.25) is 0 Å². The molecule has 1 aromatic heterocycles. The lowest BCUT2D eigenvalue weighted by Gasteiger charge is -2.42. The molecule has 0 aliphatic carbocycles. The quantitative estimate of drug-likeness (QED) is 0.536. The number of nitrogens with one attached hydrogen (secondary N) is 1. The number of carbonyl (C=O) groups excluding carboxylic acids is 2. The Bertz CT molecular complexity index is 1210. The number of aromatic nitrogens is 1. The molecular formula is C29H35N3O4. The molecule has 7 heteroatoms. The lowest BCUT2D eigenvalue weighted by molar-refractivity contribution is 0.0330.